The van der Waals surface area contributed by atoms with Gasteiger partial charge < -0.3 is 10.6 Å². The number of benzene rings is 2. The van der Waals surface area contributed by atoms with Crippen LogP contribution in [-0.2, 0) is 14.4 Å². The Morgan fingerprint density at radius 3 is 2.44 bits per heavy atom. The highest BCUT2D eigenvalue weighted by Crippen LogP contribution is 2.55. The van der Waals surface area contributed by atoms with E-state index in [2.05, 4.69) is 10.6 Å². The summed E-state index contributed by atoms with van der Waals surface area (Å²) in [7, 11) is 0. The molecule has 1 fully saturated rings. The molecule has 0 spiro atoms. The van der Waals surface area contributed by atoms with E-state index in [-0.39, 0.29) is 17.7 Å². The van der Waals surface area contributed by atoms with E-state index in [9.17, 15) is 14.4 Å². The van der Waals surface area contributed by atoms with Crippen molar-refractivity contribution in [1.29, 1.82) is 0 Å². The van der Waals surface area contributed by atoms with Crippen LogP contribution in [0.4, 0.5) is 17.1 Å². The third kappa shape index (κ3) is 2.98. The number of hydrogen-bond acceptors (Lipinski definition) is 4. The van der Waals surface area contributed by atoms with Crippen molar-refractivity contribution in [1.82, 2.24) is 0 Å². The van der Waals surface area contributed by atoms with Gasteiger partial charge in [0.05, 0.1) is 5.69 Å². The van der Waals surface area contributed by atoms with Crippen LogP contribution >= 0.6 is 11.8 Å². The summed E-state index contributed by atoms with van der Waals surface area (Å²) in [6, 6.07) is 14.6. The standard InChI is InChI=1S/C20H19N3O3S/c1-2-17(24)21-13-7-9-14(10-8-13)22-19(26)20-12-11-18(25)23(20)15-5-3-4-6-16(15)27-20/h3-10H,2,11-12H2,1H3,(H,21,24)(H,22,26)/t20-/m1/s1. The number of thioether (sulfide) groups is 1. The van der Waals surface area contributed by atoms with Gasteiger partial charge >= 0.3 is 0 Å². The molecule has 6 nitrogen and oxygen atoms in total. The number of nitrogens with one attached hydrogen (secondary N) is 2. The molecule has 0 unspecified atom stereocenters. The smallest absolute Gasteiger partial charge is 0.261 e. The van der Waals surface area contributed by atoms with Crippen LogP contribution in [0.5, 0.6) is 0 Å². The first kappa shape index (κ1) is 17.6. The van der Waals surface area contributed by atoms with Gasteiger partial charge in [-0.1, -0.05) is 30.8 Å². The van der Waals surface area contributed by atoms with Gasteiger partial charge in [0.25, 0.3) is 5.91 Å². The highest BCUT2D eigenvalue weighted by molar-refractivity contribution is 8.02. The summed E-state index contributed by atoms with van der Waals surface area (Å²) in [6.07, 6.45) is 1.24. The van der Waals surface area contributed by atoms with Gasteiger partial charge in [0, 0.05) is 29.1 Å². The molecule has 2 N–H and O–H groups in total. The third-order valence-corrected chi connectivity index (χ3v) is 6.25. The Hall–Kier alpha value is -2.80. The van der Waals surface area contributed by atoms with Gasteiger partial charge in [-0.25, -0.2) is 0 Å². The van der Waals surface area contributed by atoms with Crippen LogP contribution in [0.15, 0.2) is 53.4 Å². The lowest BCUT2D eigenvalue weighted by Crippen LogP contribution is -2.49. The van der Waals surface area contributed by atoms with Gasteiger partial charge in [-0.05, 0) is 42.8 Å². The number of anilines is 3. The van der Waals surface area contributed by atoms with Crippen LogP contribution in [-0.4, -0.2) is 22.6 Å². The first-order valence-corrected chi connectivity index (χ1v) is 9.67. The molecule has 3 amide bonds. The highest BCUT2D eigenvalue weighted by atomic mass is 32.2. The van der Waals surface area contributed by atoms with Gasteiger partial charge in [0.1, 0.15) is 0 Å². The van der Waals surface area contributed by atoms with Gasteiger partial charge in [-0.15, -0.1) is 0 Å². The fourth-order valence-electron chi connectivity index (χ4n) is 3.41. The quantitative estimate of drug-likeness (QED) is 0.848. The minimum atomic E-state index is -0.935. The largest absolute Gasteiger partial charge is 0.326 e. The molecular formula is C20H19N3O3S. The van der Waals surface area contributed by atoms with Crippen molar-refractivity contribution in [2.45, 2.75) is 36.0 Å². The molecule has 0 aliphatic carbocycles. The molecule has 0 bridgehead atoms. The normalized spacial score (nSPS) is 20.2. The zero-order valence-electron chi connectivity index (χ0n) is 14.8. The highest BCUT2D eigenvalue weighted by Gasteiger charge is 2.57. The van der Waals surface area contributed by atoms with E-state index in [1.54, 1.807) is 36.1 Å². The average Bonchev–Trinajstić information content (AvgIpc) is 3.19. The van der Waals surface area contributed by atoms with Crippen molar-refractivity contribution >= 4 is 46.5 Å². The number of nitrogens with zero attached hydrogens (tertiary/aromatic N) is 1. The van der Waals surface area contributed by atoms with Crippen LogP contribution < -0.4 is 15.5 Å². The summed E-state index contributed by atoms with van der Waals surface area (Å²) in [4.78, 5) is 38.7. The van der Waals surface area contributed by atoms with E-state index in [1.165, 1.54) is 11.8 Å². The van der Waals surface area contributed by atoms with E-state index in [1.807, 2.05) is 24.3 Å². The third-order valence-electron chi connectivity index (χ3n) is 4.78. The van der Waals surface area contributed by atoms with Crippen molar-refractivity contribution in [2.75, 3.05) is 15.5 Å². The van der Waals surface area contributed by atoms with Crippen LogP contribution in [0.2, 0.25) is 0 Å². The van der Waals surface area contributed by atoms with Crippen LogP contribution in [0, 0.1) is 0 Å². The predicted octanol–water partition coefficient (Wildman–Crippen LogP) is 3.60. The Balaban J connectivity index is 1.55. The molecule has 138 valence electrons. The van der Waals surface area contributed by atoms with E-state index in [0.717, 1.165) is 10.6 Å². The molecule has 0 radical (unpaired) electrons. The second kappa shape index (κ2) is 6.74. The van der Waals surface area contributed by atoms with E-state index >= 15 is 0 Å². The number of para-hydroxylation sites is 1. The van der Waals surface area contributed by atoms with Crippen LogP contribution in [0.3, 0.4) is 0 Å². The van der Waals surface area contributed by atoms with Gasteiger partial charge in [0.15, 0.2) is 4.87 Å². The molecule has 2 aromatic rings. The number of carbonyl (C=O) groups excluding carboxylic acids is 3. The molecule has 2 aliphatic rings. The number of hydrogen-bond donors (Lipinski definition) is 2. The summed E-state index contributed by atoms with van der Waals surface area (Å²) in [5.74, 6) is -0.300. The summed E-state index contributed by atoms with van der Waals surface area (Å²) >= 11 is 1.44. The Labute approximate surface area is 161 Å². The molecule has 0 saturated carbocycles. The van der Waals surface area contributed by atoms with Crippen LogP contribution in [0.1, 0.15) is 26.2 Å². The number of rotatable bonds is 4. The summed E-state index contributed by atoms with van der Waals surface area (Å²) in [6.45, 7) is 1.79. The summed E-state index contributed by atoms with van der Waals surface area (Å²) < 4.78 is 0. The van der Waals surface area contributed by atoms with E-state index < -0.39 is 4.87 Å². The molecule has 1 saturated heterocycles. The Morgan fingerprint density at radius 1 is 1.07 bits per heavy atom. The predicted molar refractivity (Wildman–Crippen MR) is 106 cm³/mol. The molecule has 7 heteroatoms. The lowest BCUT2D eigenvalue weighted by molar-refractivity contribution is -0.121. The lowest BCUT2D eigenvalue weighted by Gasteiger charge is -2.29. The number of carbonyl (C=O) groups is 3. The molecule has 2 heterocycles. The fraction of sp³-hybridized carbons (Fsp3) is 0.250. The molecule has 0 aromatic heterocycles. The number of amides is 3. The SMILES string of the molecule is CCC(=O)Nc1ccc(NC(=O)[C@]23CCC(=O)N2c2ccccc2S3)cc1. The van der Waals surface area contributed by atoms with Crippen molar-refractivity contribution < 1.29 is 14.4 Å². The summed E-state index contributed by atoms with van der Waals surface area (Å²) in [5, 5.41) is 5.70. The molecular weight excluding hydrogens is 362 g/mol. The van der Waals surface area contributed by atoms with Crippen LogP contribution in [0.25, 0.3) is 0 Å². The molecule has 2 aromatic carbocycles. The molecule has 1 atom stereocenters. The lowest BCUT2D eigenvalue weighted by atomic mass is 10.1. The van der Waals surface area contributed by atoms with Crippen molar-refractivity contribution in [3.8, 4) is 0 Å². The van der Waals surface area contributed by atoms with Crippen molar-refractivity contribution in [3.63, 3.8) is 0 Å². The van der Waals surface area contributed by atoms with E-state index in [0.29, 0.717) is 30.6 Å². The zero-order valence-corrected chi connectivity index (χ0v) is 15.6. The first-order valence-electron chi connectivity index (χ1n) is 8.86. The second-order valence-electron chi connectivity index (χ2n) is 6.52. The average molecular weight is 381 g/mol. The number of fused-ring (bicyclic) bond motifs is 3. The minimum absolute atomic E-state index is 0.0276. The van der Waals surface area contributed by atoms with Crippen molar-refractivity contribution in [2.24, 2.45) is 0 Å². The Morgan fingerprint density at radius 2 is 1.74 bits per heavy atom. The first-order chi connectivity index (χ1) is 13.0. The Bertz CT molecular complexity index is 928. The molecule has 2 aliphatic heterocycles. The maximum atomic E-state index is 13.1. The second-order valence-corrected chi connectivity index (χ2v) is 7.84. The topological polar surface area (TPSA) is 78.5 Å². The van der Waals surface area contributed by atoms with Gasteiger partial charge in [-0.2, -0.15) is 0 Å². The summed E-state index contributed by atoms with van der Waals surface area (Å²) in [5.41, 5.74) is 2.11. The minimum Gasteiger partial charge on any atom is -0.326 e. The Kier molecular flexibility index (Phi) is 4.39. The maximum absolute atomic E-state index is 13.1. The fourth-order valence-corrected chi connectivity index (χ4v) is 4.83. The molecule has 27 heavy (non-hydrogen) atoms. The zero-order chi connectivity index (χ0) is 19.0. The van der Waals surface area contributed by atoms with Gasteiger partial charge in [0.2, 0.25) is 11.8 Å². The maximum Gasteiger partial charge on any atom is 0.261 e. The monoisotopic (exact) mass is 381 g/mol. The van der Waals surface area contributed by atoms with E-state index in [4.69, 9.17) is 0 Å². The van der Waals surface area contributed by atoms with Gasteiger partial charge in [-0.3, -0.25) is 19.3 Å². The molecule has 4 rings (SSSR count). The van der Waals surface area contributed by atoms with Crippen molar-refractivity contribution in [3.05, 3.63) is 48.5 Å².